The Labute approximate surface area is 134 Å². The van der Waals surface area contributed by atoms with E-state index in [0.29, 0.717) is 26.2 Å². The molecule has 0 unspecified atom stereocenters. The van der Waals surface area contributed by atoms with Crippen LogP contribution >= 0.6 is 0 Å². The molecule has 0 radical (unpaired) electrons. The second kappa shape index (κ2) is 7.05. The van der Waals surface area contributed by atoms with Crippen LogP contribution in [-0.2, 0) is 17.8 Å². The summed E-state index contributed by atoms with van der Waals surface area (Å²) in [7, 11) is 0. The minimum atomic E-state index is -0.778. The highest BCUT2D eigenvalue weighted by Gasteiger charge is 2.11. The van der Waals surface area contributed by atoms with Gasteiger partial charge in [-0.3, -0.25) is 4.79 Å². The number of benzene rings is 2. The molecule has 1 aliphatic rings. The molecule has 2 aromatic rings. The fourth-order valence-corrected chi connectivity index (χ4v) is 2.49. The van der Waals surface area contributed by atoms with Crippen LogP contribution in [0.5, 0.6) is 11.5 Å². The summed E-state index contributed by atoms with van der Waals surface area (Å²) >= 11 is 0. The first-order valence-corrected chi connectivity index (χ1v) is 7.64. The van der Waals surface area contributed by atoms with E-state index in [1.165, 1.54) is 0 Å². The molecule has 2 N–H and O–H groups in total. The number of aliphatic carboxylic acids is 1. The van der Waals surface area contributed by atoms with Gasteiger partial charge in [-0.05, 0) is 41.8 Å². The molecule has 1 aliphatic heterocycles. The number of anilines is 1. The number of aryl methyl sites for hydroxylation is 1. The molecule has 0 atom stereocenters. The number of fused-ring (bicyclic) bond motifs is 1. The van der Waals surface area contributed by atoms with E-state index >= 15 is 0 Å². The fraction of sp³-hybridized carbons (Fsp3) is 0.278. The van der Waals surface area contributed by atoms with Gasteiger partial charge in [-0.2, -0.15) is 0 Å². The predicted octanol–water partition coefficient (Wildman–Crippen LogP) is 3.09. The molecule has 0 aliphatic carbocycles. The maximum atomic E-state index is 10.6. The van der Waals surface area contributed by atoms with Crippen LogP contribution < -0.4 is 14.8 Å². The molecule has 23 heavy (non-hydrogen) atoms. The van der Waals surface area contributed by atoms with Gasteiger partial charge in [0.1, 0.15) is 13.2 Å². The molecule has 0 fully saturated rings. The van der Waals surface area contributed by atoms with Crippen LogP contribution in [0.4, 0.5) is 5.69 Å². The highest BCUT2D eigenvalue weighted by Crippen LogP contribution is 2.30. The summed E-state index contributed by atoms with van der Waals surface area (Å²) < 4.78 is 11.1. The van der Waals surface area contributed by atoms with E-state index < -0.39 is 5.97 Å². The minimum Gasteiger partial charge on any atom is -0.486 e. The number of hydrogen-bond acceptors (Lipinski definition) is 4. The van der Waals surface area contributed by atoms with Crippen molar-refractivity contribution in [1.29, 1.82) is 0 Å². The molecule has 0 aromatic heterocycles. The van der Waals surface area contributed by atoms with Gasteiger partial charge in [0.15, 0.2) is 11.5 Å². The third-order valence-electron chi connectivity index (χ3n) is 3.66. The maximum Gasteiger partial charge on any atom is 0.303 e. The van der Waals surface area contributed by atoms with Crippen molar-refractivity contribution in [2.24, 2.45) is 0 Å². The molecule has 0 amide bonds. The molecule has 2 aromatic carbocycles. The van der Waals surface area contributed by atoms with Gasteiger partial charge < -0.3 is 19.9 Å². The lowest BCUT2D eigenvalue weighted by atomic mass is 10.1. The molecule has 0 spiro atoms. The van der Waals surface area contributed by atoms with Crippen molar-refractivity contribution in [3.8, 4) is 11.5 Å². The Kier molecular flexibility index (Phi) is 4.66. The van der Waals surface area contributed by atoms with Gasteiger partial charge in [-0.25, -0.2) is 0 Å². The van der Waals surface area contributed by atoms with Gasteiger partial charge >= 0.3 is 5.97 Å². The van der Waals surface area contributed by atoms with Crippen LogP contribution in [-0.4, -0.2) is 24.3 Å². The van der Waals surface area contributed by atoms with E-state index in [1.807, 2.05) is 42.5 Å². The zero-order chi connectivity index (χ0) is 16.1. The number of rotatable bonds is 6. The van der Waals surface area contributed by atoms with Crippen LogP contribution in [0.1, 0.15) is 17.5 Å². The summed E-state index contributed by atoms with van der Waals surface area (Å²) in [6, 6.07) is 13.8. The molecule has 3 rings (SSSR count). The summed E-state index contributed by atoms with van der Waals surface area (Å²) in [5, 5.41) is 12.1. The smallest absolute Gasteiger partial charge is 0.303 e. The lowest BCUT2D eigenvalue weighted by Crippen LogP contribution is -2.15. The van der Waals surface area contributed by atoms with Crippen molar-refractivity contribution in [1.82, 2.24) is 0 Å². The summed E-state index contributed by atoms with van der Waals surface area (Å²) in [5.74, 6) is 0.793. The van der Waals surface area contributed by atoms with E-state index in [0.717, 1.165) is 28.3 Å². The zero-order valence-electron chi connectivity index (χ0n) is 12.7. The average Bonchev–Trinajstić information content (AvgIpc) is 2.58. The van der Waals surface area contributed by atoms with E-state index in [2.05, 4.69) is 5.32 Å². The molecule has 0 bridgehead atoms. The highest BCUT2D eigenvalue weighted by atomic mass is 16.6. The summed E-state index contributed by atoms with van der Waals surface area (Å²) in [5.41, 5.74) is 3.09. The Balaban J connectivity index is 1.61. The molecule has 5 heteroatoms. The Bertz CT molecular complexity index is 699. The van der Waals surface area contributed by atoms with Crippen LogP contribution in [0, 0.1) is 0 Å². The van der Waals surface area contributed by atoms with Crippen LogP contribution in [0.15, 0.2) is 42.5 Å². The van der Waals surface area contributed by atoms with E-state index in [-0.39, 0.29) is 6.42 Å². The largest absolute Gasteiger partial charge is 0.486 e. The minimum absolute atomic E-state index is 0.144. The number of carbonyl (C=O) groups is 1. The molecular weight excluding hydrogens is 294 g/mol. The summed E-state index contributed by atoms with van der Waals surface area (Å²) in [4.78, 5) is 10.6. The molecule has 120 valence electrons. The van der Waals surface area contributed by atoms with Gasteiger partial charge in [0.25, 0.3) is 0 Å². The standard InChI is InChI=1S/C18H19NO4/c20-18(21)7-5-13-2-1-3-15(10-13)19-12-14-4-6-16-17(11-14)23-9-8-22-16/h1-4,6,10-11,19H,5,7-9,12H2,(H,20,21). The van der Waals surface area contributed by atoms with Crippen molar-refractivity contribution in [2.75, 3.05) is 18.5 Å². The van der Waals surface area contributed by atoms with Gasteiger partial charge in [0.05, 0.1) is 0 Å². The first-order chi connectivity index (χ1) is 11.2. The van der Waals surface area contributed by atoms with Crippen molar-refractivity contribution in [2.45, 2.75) is 19.4 Å². The molecule has 0 saturated carbocycles. The number of hydrogen-bond donors (Lipinski definition) is 2. The van der Waals surface area contributed by atoms with Crippen molar-refractivity contribution in [3.63, 3.8) is 0 Å². The second-order valence-corrected chi connectivity index (χ2v) is 5.43. The quantitative estimate of drug-likeness (QED) is 0.858. The van der Waals surface area contributed by atoms with Gasteiger partial charge in [0.2, 0.25) is 0 Å². The Morgan fingerprint density at radius 1 is 1.04 bits per heavy atom. The highest BCUT2D eigenvalue weighted by molar-refractivity contribution is 5.67. The predicted molar refractivity (Wildman–Crippen MR) is 87.2 cm³/mol. The van der Waals surface area contributed by atoms with Gasteiger partial charge in [0, 0.05) is 18.7 Å². The van der Waals surface area contributed by atoms with Crippen molar-refractivity contribution in [3.05, 3.63) is 53.6 Å². The maximum absolute atomic E-state index is 10.6. The van der Waals surface area contributed by atoms with Crippen LogP contribution in [0.3, 0.4) is 0 Å². The number of carboxylic acid groups (broad SMARTS) is 1. The van der Waals surface area contributed by atoms with Crippen LogP contribution in [0.2, 0.25) is 0 Å². The summed E-state index contributed by atoms with van der Waals surface area (Å²) in [6.45, 7) is 1.84. The number of nitrogens with one attached hydrogen (secondary N) is 1. The topological polar surface area (TPSA) is 67.8 Å². The summed E-state index contributed by atoms with van der Waals surface area (Å²) in [6.07, 6.45) is 0.681. The van der Waals surface area contributed by atoms with Crippen LogP contribution in [0.25, 0.3) is 0 Å². The lowest BCUT2D eigenvalue weighted by molar-refractivity contribution is -0.136. The van der Waals surface area contributed by atoms with E-state index in [1.54, 1.807) is 0 Å². The van der Waals surface area contributed by atoms with E-state index in [4.69, 9.17) is 14.6 Å². The van der Waals surface area contributed by atoms with E-state index in [9.17, 15) is 4.79 Å². The Morgan fingerprint density at radius 2 is 1.87 bits per heavy atom. The SMILES string of the molecule is O=C(O)CCc1cccc(NCc2ccc3c(c2)OCCO3)c1. The molecule has 5 nitrogen and oxygen atoms in total. The third kappa shape index (κ3) is 4.16. The Morgan fingerprint density at radius 3 is 2.70 bits per heavy atom. The first kappa shape index (κ1) is 15.2. The van der Waals surface area contributed by atoms with Gasteiger partial charge in [-0.1, -0.05) is 18.2 Å². The van der Waals surface area contributed by atoms with Crippen molar-refractivity contribution < 1.29 is 19.4 Å². The second-order valence-electron chi connectivity index (χ2n) is 5.43. The molecule has 1 heterocycles. The number of carboxylic acids is 1. The van der Waals surface area contributed by atoms with Crippen molar-refractivity contribution >= 4 is 11.7 Å². The number of ether oxygens (including phenoxy) is 2. The average molecular weight is 313 g/mol. The Hall–Kier alpha value is -2.69. The zero-order valence-corrected chi connectivity index (χ0v) is 12.7. The first-order valence-electron chi connectivity index (χ1n) is 7.64. The van der Waals surface area contributed by atoms with Gasteiger partial charge in [-0.15, -0.1) is 0 Å². The normalized spacial score (nSPS) is 12.7. The third-order valence-corrected chi connectivity index (χ3v) is 3.66. The lowest BCUT2D eigenvalue weighted by Gasteiger charge is -2.19. The fourth-order valence-electron chi connectivity index (χ4n) is 2.49. The monoisotopic (exact) mass is 313 g/mol. The molecule has 0 saturated heterocycles. The molecular formula is C18H19NO4.